The van der Waals surface area contributed by atoms with E-state index in [-0.39, 0.29) is 35.9 Å². The number of methoxy groups -OCH3 is 1. The molecule has 0 spiro atoms. The highest BCUT2D eigenvalue weighted by Gasteiger charge is 2.28. The van der Waals surface area contributed by atoms with Crippen molar-refractivity contribution in [2.45, 2.75) is 32.2 Å². The molecule has 0 aromatic heterocycles. The van der Waals surface area contributed by atoms with Gasteiger partial charge >= 0.3 is 5.97 Å². The summed E-state index contributed by atoms with van der Waals surface area (Å²) >= 11 is 0. The van der Waals surface area contributed by atoms with E-state index in [0.717, 1.165) is 77.6 Å². The molecule has 8 heteroatoms. The van der Waals surface area contributed by atoms with Crippen molar-refractivity contribution in [3.63, 3.8) is 0 Å². The first kappa shape index (κ1) is 26.9. The van der Waals surface area contributed by atoms with Gasteiger partial charge in [-0.1, -0.05) is 30.3 Å². The van der Waals surface area contributed by atoms with Gasteiger partial charge < -0.3 is 19.9 Å². The van der Waals surface area contributed by atoms with Gasteiger partial charge in [0.2, 0.25) is 0 Å². The number of guanidine groups is 1. The number of rotatable bonds is 7. The van der Waals surface area contributed by atoms with Crippen LogP contribution in [0.4, 0.5) is 0 Å². The number of nitrogens with zero attached hydrogens (tertiary/aromatic N) is 4. The minimum Gasteiger partial charge on any atom is -0.469 e. The van der Waals surface area contributed by atoms with E-state index in [0.29, 0.717) is 6.04 Å². The van der Waals surface area contributed by atoms with Gasteiger partial charge in [-0.15, -0.1) is 24.0 Å². The number of carbonyl (C=O) groups excluding carboxylic acids is 1. The highest BCUT2D eigenvalue weighted by molar-refractivity contribution is 14.0. The number of aliphatic imine (C=N–C) groups is 1. The lowest BCUT2D eigenvalue weighted by atomic mass is 9.97. The number of carbonyl (C=O) groups is 1. The molecule has 0 amide bonds. The van der Waals surface area contributed by atoms with E-state index in [1.807, 2.05) is 0 Å². The van der Waals surface area contributed by atoms with Gasteiger partial charge in [-0.05, 0) is 38.8 Å². The fourth-order valence-corrected chi connectivity index (χ4v) is 4.59. The zero-order valence-electron chi connectivity index (χ0n) is 19.8. The van der Waals surface area contributed by atoms with E-state index in [1.165, 1.54) is 12.7 Å². The molecule has 2 aliphatic heterocycles. The van der Waals surface area contributed by atoms with Gasteiger partial charge in [0.05, 0.1) is 13.0 Å². The van der Waals surface area contributed by atoms with Gasteiger partial charge in [0.25, 0.3) is 0 Å². The van der Waals surface area contributed by atoms with Crippen LogP contribution in [0.2, 0.25) is 0 Å². The minimum atomic E-state index is -0.0817. The van der Waals surface area contributed by atoms with Crippen LogP contribution in [0.1, 0.15) is 37.8 Å². The second-order valence-electron chi connectivity index (χ2n) is 8.60. The summed E-state index contributed by atoms with van der Waals surface area (Å²) in [6.45, 7) is 9.81. The summed E-state index contributed by atoms with van der Waals surface area (Å²) < 4.78 is 4.91. The second kappa shape index (κ2) is 14.0. The van der Waals surface area contributed by atoms with E-state index in [4.69, 9.17) is 9.73 Å². The van der Waals surface area contributed by atoms with Crippen LogP contribution in [-0.4, -0.2) is 93.1 Å². The molecule has 0 radical (unpaired) electrons. The molecule has 1 atom stereocenters. The third-order valence-corrected chi connectivity index (χ3v) is 6.41. The van der Waals surface area contributed by atoms with Crippen LogP contribution >= 0.6 is 24.0 Å². The average Bonchev–Trinajstić information content (AvgIpc) is 2.82. The third kappa shape index (κ3) is 7.59. The maximum atomic E-state index is 11.8. The van der Waals surface area contributed by atoms with Crippen LogP contribution in [-0.2, 0) is 9.53 Å². The number of halogens is 1. The predicted molar refractivity (Wildman–Crippen MR) is 141 cm³/mol. The van der Waals surface area contributed by atoms with Gasteiger partial charge in [0, 0.05) is 58.4 Å². The zero-order valence-corrected chi connectivity index (χ0v) is 22.2. The maximum absolute atomic E-state index is 11.8. The molecule has 0 aliphatic carbocycles. The number of hydrogen-bond acceptors (Lipinski definition) is 5. The standard InChI is InChI=1S/C24H39N5O2.HI/c1-4-25-24(29-15-11-21(12-16-29)23(30)31-3)26-13-8-14-28-18-17-27(2)19-22(28)20-9-6-5-7-10-20;/h5-7,9-10,21-22H,4,8,11-19H2,1-3H3,(H,25,26);1H. The van der Waals surface area contributed by atoms with Gasteiger partial charge in [-0.2, -0.15) is 0 Å². The molecule has 1 aromatic rings. The van der Waals surface area contributed by atoms with Gasteiger partial charge in [-0.3, -0.25) is 14.7 Å². The Hall–Kier alpha value is -1.39. The van der Waals surface area contributed by atoms with Gasteiger partial charge in [0.15, 0.2) is 5.96 Å². The molecule has 32 heavy (non-hydrogen) atoms. The number of likely N-dealkylation sites (N-methyl/N-ethyl adjacent to an activating group) is 1. The fourth-order valence-electron chi connectivity index (χ4n) is 4.59. The smallest absolute Gasteiger partial charge is 0.308 e. The largest absolute Gasteiger partial charge is 0.469 e. The van der Waals surface area contributed by atoms with Crippen LogP contribution in [0.15, 0.2) is 35.3 Å². The topological polar surface area (TPSA) is 60.4 Å². The van der Waals surface area contributed by atoms with Crippen molar-refractivity contribution < 1.29 is 9.53 Å². The summed E-state index contributed by atoms with van der Waals surface area (Å²) in [7, 11) is 3.69. The SMILES string of the molecule is CCNC(=NCCCN1CCN(C)CC1c1ccccc1)N1CCC(C(=O)OC)CC1.I. The molecule has 0 bridgehead atoms. The summed E-state index contributed by atoms with van der Waals surface area (Å²) in [5.74, 6) is 0.918. The van der Waals surface area contributed by atoms with E-state index in [2.05, 4.69) is 64.3 Å². The van der Waals surface area contributed by atoms with Crippen molar-refractivity contribution in [1.82, 2.24) is 20.0 Å². The summed E-state index contributed by atoms with van der Waals surface area (Å²) in [5.41, 5.74) is 1.40. The number of hydrogen-bond donors (Lipinski definition) is 1. The Morgan fingerprint density at radius 1 is 1.16 bits per heavy atom. The number of likely N-dealkylation sites (tertiary alicyclic amines) is 1. The Morgan fingerprint density at radius 3 is 2.53 bits per heavy atom. The third-order valence-electron chi connectivity index (χ3n) is 6.41. The molecule has 2 saturated heterocycles. The molecule has 2 heterocycles. The van der Waals surface area contributed by atoms with Crippen molar-refractivity contribution >= 4 is 35.9 Å². The quantitative estimate of drug-likeness (QED) is 0.183. The maximum Gasteiger partial charge on any atom is 0.308 e. The van der Waals surface area contributed by atoms with E-state index >= 15 is 0 Å². The Balaban J connectivity index is 0.00000363. The average molecular weight is 558 g/mol. The molecule has 1 N–H and O–H groups in total. The lowest BCUT2D eigenvalue weighted by molar-refractivity contribution is -0.146. The number of piperazine rings is 1. The van der Waals surface area contributed by atoms with E-state index in [9.17, 15) is 4.79 Å². The molecule has 0 saturated carbocycles. The summed E-state index contributed by atoms with van der Waals surface area (Å²) in [6.07, 6.45) is 2.70. The first-order valence-electron chi connectivity index (χ1n) is 11.7. The number of nitrogens with one attached hydrogen (secondary N) is 1. The van der Waals surface area contributed by atoms with Crippen molar-refractivity contribution in [1.29, 1.82) is 0 Å². The molecule has 2 aliphatic rings. The minimum absolute atomic E-state index is 0. The summed E-state index contributed by atoms with van der Waals surface area (Å²) in [4.78, 5) is 24.0. The van der Waals surface area contributed by atoms with Crippen LogP contribution in [0.3, 0.4) is 0 Å². The van der Waals surface area contributed by atoms with Crippen LogP contribution in [0, 0.1) is 5.92 Å². The molecule has 1 aromatic carbocycles. The van der Waals surface area contributed by atoms with Gasteiger partial charge in [0.1, 0.15) is 0 Å². The molecular weight excluding hydrogens is 517 g/mol. The molecule has 7 nitrogen and oxygen atoms in total. The van der Waals surface area contributed by atoms with Gasteiger partial charge in [-0.25, -0.2) is 0 Å². The summed E-state index contributed by atoms with van der Waals surface area (Å²) in [5, 5.41) is 3.43. The van der Waals surface area contributed by atoms with Crippen molar-refractivity contribution in [2.24, 2.45) is 10.9 Å². The fraction of sp³-hybridized carbons (Fsp3) is 0.667. The van der Waals surface area contributed by atoms with Crippen molar-refractivity contribution in [3.8, 4) is 0 Å². The molecule has 2 fully saturated rings. The first-order valence-corrected chi connectivity index (χ1v) is 11.7. The normalized spacial score (nSPS) is 21.2. The highest BCUT2D eigenvalue weighted by Crippen LogP contribution is 2.25. The molecular formula is C24H40IN5O2. The lowest BCUT2D eigenvalue weighted by Gasteiger charge is -2.40. The Bertz CT molecular complexity index is 710. The Kier molecular flexibility index (Phi) is 11.7. The number of esters is 1. The predicted octanol–water partition coefficient (Wildman–Crippen LogP) is 2.83. The van der Waals surface area contributed by atoms with Crippen LogP contribution in [0.5, 0.6) is 0 Å². The monoisotopic (exact) mass is 557 g/mol. The molecule has 1 unspecified atom stereocenters. The van der Waals surface area contributed by atoms with E-state index < -0.39 is 0 Å². The second-order valence-corrected chi connectivity index (χ2v) is 8.60. The molecule has 180 valence electrons. The van der Waals surface area contributed by atoms with Crippen LogP contribution < -0.4 is 5.32 Å². The number of benzene rings is 1. The number of ether oxygens (including phenoxy) is 1. The first-order chi connectivity index (χ1) is 15.1. The van der Waals surface area contributed by atoms with Crippen LogP contribution in [0.25, 0.3) is 0 Å². The Labute approximate surface area is 210 Å². The number of piperidine rings is 1. The lowest BCUT2D eigenvalue weighted by Crippen LogP contribution is -2.47. The Morgan fingerprint density at radius 2 is 1.88 bits per heavy atom. The van der Waals surface area contributed by atoms with Crippen molar-refractivity contribution in [2.75, 3.05) is 66.5 Å². The summed E-state index contributed by atoms with van der Waals surface area (Å²) in [6, 6.07) is 11.3. The molecule has 3 rings (SSSR count). The van der Waals surface area contributed by atoms with Crippen molar-refractivity contribution in [3.05, 3.63) is 35.9 Å². The zero-order chi connectivity index (χ0) is 22.1. The van der Waals surface area contributed by atoms with E-state index in [1.54, 1.807) is 0 Å². The highest BCUT2D eigenvalue weighted by atomic mass is 127.